The fourth-order valence-corrected chi connectivity index (χ4v) is 2.88. The van der Waals surface area contributed by atoms with E-state index in [1.165, 1.54) is 32.4 Å². The fraction of sp³-hybridized carbons (Fsp3) is 0.500. The van der Waals surface area contributed by atoms with Gasteiger partial charge in [0.1, 0.15) is 0 Å². The number of rotatable bonds is 2. The van der Waals surface area contributed by atoms with Crippen LogP contribution in [0, 0.1) is 0 Å². The van der Waals surface area contributed by atoms with Gasteiger partial charge < -0.3 is 15.1 Å². The third kappa shape index (κ3) is 7.10. The van der Waals surface area contributed by atoms with E-state index in [2.05, 4.69) is 5.32 Å². The number of carbonyl (C=O) groups excluding carboxylic acids is 2. The van der Waals surface area contributed by atoms with Gasteiger partial charge >= 0.3 is 0 Å². The van der Waals surface area contributed by atoms with Crippen molar-refractivity contribution in [2.75, 3.05) is 39.3 Å². The summed E-state index contributed by atoms with van der Waals surface area (Å²) >= 11 is 0. The molecule has 2 aliphatic heterocycles. The highest BCUT2D eigenvalue weighted by molar-refractivity contribution is 5.92. The van der Waals surface area contributed by atoms with Gasteiger partial charge in [0.05, 0.1) is 0 Å². The lowest BCUT2D eigenvalue weighted by molar-refractivity contribution is -0.135. The Hall–Kier alpha value is -2.14. The summed E-state index contributed by atoms with van der Waals surface area (Å²) in [5, 5.41) is 3.28. The van der Waals surface area contributed by atoms with Crippen molar-refractivity contribution in [2.45, 2.75) is 26.2 Å². The largest absolute Gasteiger partial charge is 0.339 e. The second-order valence-corrected chi connectivity index (χ2v) is 6.39. The molecule has 3 rings (SSSR count). The molecule has 0 spiro atoms. The molecular weight excluding hydrogens is 314 g/mol. The second kappa shape index (κ2) is 10.7. The Morgan fingerprint density at radius 3 is 2.00 bits per heavy atom. The maximum atomic E-state index is 12.0. The van der Waals surface area contributed by atoms with Gasteiger partial charge in [0.2, 0.25) is 11.8 Å². The highest BCUT2D eigenvalue weighted by Gasteiger charge is 2.20. The summed E-state index contributed by atoms with van der Waals surface area (Å²) < 4.78 is 0. The molecule has 0 radical (unpaired) electrons. The Morgan fingerprint density at radius 1 is 0.920 bits per heavy atom. The van der Waals surface area contributed by atoms with Gasteiger partial charge in [0, 0.05) is 39.2 Å². The molecule has 2 aliphatic rings. The van der Waals surface area contributed by atoms with Crippen LogP contribution >= 0.6 is 0 Å². The third-order valence-electron chi connectivity index (χ3n) is 4.46. The van der Waals surface area contributed by atoms with Crippen molar-refractivity contribution in [1.29, 1.82) is 0 Å². The molecule has 136 valence electrons. The van der Waals surface area contributed by atoms with Crippen LogP contribution in [-0.4, -0.2) is 60.9 Å². The van der Waals surface area contributed by atoms with Crippen LogP contribution in [0.5, 0.6) is 0 Å². The van der Waals surface area contributed by atoms with Crippen molar-refractivity contribution >= 4 is 17.9 Å². The molecule has 5 heteroatoms. The van der Waals surface area contributed by atoms with E-state index in [9.17, 15) is 9.59 Å². The van der Waals surface area contributed by atoms with E-state index < -0.39 is 0 Å². The summed E-state index contributed by atoms with van der Waals surface area (Å²) in [4.78, 5) is 26.7. The van der Waals surface area contributed by atoms with Gasteiger partial charge in [0.15, 0.2) is 0 Å². The zero-order valence-electron chi connectivity index (χ0n) is 15.1. The highest BCUT2D eigenvalue weighted by atomic mass is 16.2. The first-order chi connectivity index (χ1) is 12.2. The average molecular weight is 343 g/mol. The summed E-state index contributed by atoms with van der Waals surface area (Å²) in [6.45, 7) is 6.53. The average Bonchev–Trinajstić information content (AvgIpc) is 2.69. The van der Waals surface area contributed by atoms with E-state index in [-0.39, 0.29) is 11.8 Å². The Bertz CT molecular complexity index is 548. The first-order valence-electron chi connectivity index (χ1n) is 9.15. The number of hydrogen-bond acceptors (Lipinski definition) is 3. The maximum absolute atomic E-state index is 12.0. The van der Waals surface area contributed by atoms with Gasteiger partial charge in [-0.2, -0.15) is 0 Å². The van der Waals surface area contributed by atoms with Gasteiger partial charge in [-0.3, -0.25) is 9.59 Å². The number of amides is 2. The Balaban J connectivity index is 0.000000316. The molecule has 2 fully saturated rings. The molecule has 0 aromatic heterocycles. The molecule has 5 nitrogen and oxygen atoms in total. The Kier molecular flexibility index (Phi) is 8.19. The second-order valence-electron chi connectivity index (χ2n) is 6.39. The number of nitrogens with one attached hydrogen (secondary N) is 1. The molecule has 25 heavy (non-hydrogen) atoms. The zero-order valence-corrected chi connectivity index (χ0v) is 15.1. The zero-order chi connectivity index (χ0) is 17.9. The lowest BCUT2D eigenvalue weighted by atomic mass is 10.2. The van der Waals surface area contributed by atoms with Crippen LogP contribution < -0.4 is 5.32 Å². The van der Waals surface area contributed by atoms with Crippen LogP contribution in [0.2, 0.25) is 0 Å². The first kappa shape index (κ1) is 19.2. The fourth-order valence-electron chi connectivity index (χ4n) is 2.88. The number of nitrogens with zero attached hydrogens (tertiary/aromatic N) is 2. The molecule has 0 atom stereocenters. The molecule has 2 saturated heterocycles. The topological polar surface area (TPSA) is 52.7 Å². The van der Waals surface area contributed by atoms with Gasteiger partial charge in [-0.15, -0.1) is 0 Å². The monoisotopic (exact) mass is 343 g/mol. The quantitative estimate of drug-likeness (QED) is 0.837. The van der Waals surface area contributed by atoms with Crippen LogP contribution in [0.4, 0.5) is 0 Å². The molecular formula is C20H29N3O2. The normalized spacial score (nSPS) is 17.8. The minimum absolute atomic E-state index is 0.00653. The molecule has 2 amide bonds. The van der Waals surface area contributed by atoms with Gasteiger partial charge in [-0.1, -0.05) is 36.8 Å². The van der Waals surface area contributed by atoms with Crippen LogP contribution in [0.3, 0.4) is 0 Å². The van der Waals surface area contributed by atoms with E-state index in [1.807, 2.05) is 36.4 Å². The van der Waals surface area contributed by atoms with E-state index in [0.717, 1.165) is 5.56 Å². The lowest BCUT2D eigenvalue weighted by Crippen LogP contribution is -2.49. The molecule has 0 aliphatic carbocycles. The van der Waals surface area contributed by atoms with Crippen molar-refractivity contribution in [1.82, 2.24) is 15.1 Å². The molecule has 1 aromatic rings. The summed E-state index contributed by atoms with van der Waals surface area (Å²) in [6.07, 6.45) is 7.63. The minimum atomic E-state index is 0.00653. The van der Waals surface area contributed by atoms with Gasteiger partial charge in [-0.25, -0.2) is 0 Å². The van der Waals surface area contributed by atoms with E-state index in [1.54, 1.807) is 22.8 Å². The third-order valence-corrected chi connectivity index (χ3v) is 4.46. The Labute approximate surface area is 150 Å². The van der Waals surface area contributed by atoms with Crippen molar-refractivity contribution in [3.63, 3.8) is 0 Å². The summed E-state index contributed by atoms with van der Waals surface area (Å²) in [6, 6.07) is 9.74. The Morgan fingerprint density at radius 2 is 1.52 bits per heavy atom. The van der Waals surface area contributed by atoms with E-state index in [0.29, 0.717) is 26.2 Å². The molecule has 1 aromatic carbocycles. The van der Waals surface area contributed by atoms with Crippen molar-refractivity contribution in [3.8, 4) is 0 Å². The van der Waals surface area contributed by atoms with Crippen LogP contribution in [0.15, 0.2) is 36.4 Å². The number of piperidine rings is 1. The minimum Gasteiger partial charge on any atom is -0.339 e. The number of piperazine rings is 1. The molecule has 2 heterocycles. The van der Waals surface area contributed by atoms with E-state index >= 15 is 0 Å². The molecule has 0 unspecified atom stereocenters. The van der Waals surface area contributed by atoms with Crippen LogP contribution in [0.1, 0.15) is 31.7 Å². The summed E-state index contributed by atoms with van der Waals surface area (Å²) in [5.41, 5.74) is 1.01. The van der Waals surface area contributed by atoms with Crippen molar-refractivity contribution in [2.24, 2.45) is 0 Å². The van der Waals surface area contributed by atoms with Crippen molar-refractivity contribution in [3.05, 3.63) is 42.0 Å². The van der Waals surface area contributed by atoms with E-state index in [4.69, 9.17) is 0 Å². The molecule has 0 bridgehead atoms. The number of benzene rings is 1. The lowest BCUT2D eigenvalue weighted by Gasteiger charge is -2.33. The van der Waals surface area contributed by atoms with Gasteiger partial charge in [0.25, 0.3) is 0 Å². The number of hydrogen-bond donors (Lipinski definition) is 1. The predicted octanol–water partition coefficient (Wildman–Crippen LogP) is 2.15. The van der Waals surface area contributed by atoms with Gasteiger partial charge in [-0.05, 0) is 37.6 Å². The highest BCUT2D eigenvalue weighted by Crippen LogP contribution is 2.05. The summed E-state index contributed by atoms with van der Waals surface area (Å²) in [5.74, 6) is 0.0824. The molecule has 1 N–H and O–H groups in total. The smallest absolute Gasteiger partial charge is 0.246 e. The maximum Gasteiger partial charge on any atom is 0.246 e. The first-order valence-corrected chi connectivity index (χ1v) is 9.15. The molecule has 0 saturated carbocycles. The standard InChI is InChI=1S/C15H18N2O2.C5H11N/c1-13(18)16-9-11-17(12-10-16)15(19)8-7-14-5-3-2-4-6-14;1-2-4-6-5-3-1/h2-8H,9-12H2,1H3;6H,1-5H2. The van der Waals surface area contributed by atoms with Crippen molar-refractivity contribution < 1.29 is 9.59 Å². The predicted molar refractivity (Wildman–Crippen MR) is 101 cm³/mol. The van der Waals surface area contributed by atoms with Crippen LogP contribution in [-0.2, 0) is 9.59 Å². The summed E-state index contributed by atoms with van der Waals surface area (Å²) in [7, 11) is 0. The SMILES string of the molecule is C1CCNCC1.CC(=O)N1CCN(C(=O)C=Cc2ccccc2)CC1. The van der Waals surface area contributed by atoms with Crippen LogP contribution in [0.25, 0.3) is 6.08 Å². The number of carbonyl (C=O) groups is 2.